The average molecular weight is 661 g/mol. The Bertz CT molecular complexity index is 2040. The second kappa shape index (κ2) is 14.3. The van der Waals surface area contributed by atoms with Crippen LogP contribution in [0.3, 0.4) is 0 Å². The lowest BCUT2D eigenvalue weighted by atomic mass is 9.89. The predicted molar refractivity (Wildman–Crippen MR) is 214 cm³/mol. The highest BCUT2D eigenvalue weighted by Gasteiger charge is 2.22. The van der Waals surface area contributed by atoms with Crippen LogP contribution in [0.5, 0.6) is 11.5 Å². The van der Waals surface area contributed by atoms with E-state index in [2.05, 4.69) is 91.8 Å². The largest absolute Gasteiger partial charge is 0.507 e. The summed E-state index contributed by atoms with van der Waals surface area (Å²) in [5.74, 6) is 1.30. The first-order valence-electron chi connectivity index (χ1n) is 17.8. The average Bonchev–Trinajstić information content (AvgIpc) is 3.10. The van der Waals surface area contributed by atoms with Crippen LogP contribution in [0, 0.1) is 0 Å². The van der Waals surface area contributed by atoms with Crippen LogP contribution in [0.4, 0.5) is 11.4 Å². The van der Waals surface area contributed by atoms with Gasteiger partial charge in [0.1, 0.15) is 11.5 Å². The maximum absolute atomic E-state index is 12.2. The predicted octanol–water partition coefficient (Wildman–Crippen LogP) is 13.1. The fourth-order valence-electron chi connectivity index (χ4n) is 7.01. The van der Waals surface area contributed by atoms with E-state index in [1.54, 1.807) is 12.4 Å². The van der Waals surface area contributed by atoms with Gasteiger partial charge in [-0.15, -0.1) is 0 Å². The summed E-state index contributed by atoms with van der Waals surface area (Å²) in [6.45, 7) is 17.4. The number of para-hydroxylation sites is 2. The first-order chi connectivity index (χ1) is 24.0. The van der Waals surface area contributed by atoms with Crippen molar-refractivity contribution < 1.29 is 10.2 Å². The Kier molecular flexibility index (Phi) is 9.93. The van der Waals surface area contributed by atoms with Gasteiger partial charge in [-0.2, -0.15) is 0 Å². The molecule has 0 unspecified atom stereocenters. The monoisotopic (exact) mass is 660 g/mol. The summed E-state index contributed by atoms with van der Waals surface area (Å²) >= 11 is 0. The maximum atomic E-state index is 12.2. The molecule has 0 heterocycles. The van der Waals surface area contributed by atoms with E-state index < -0.39 is 0 Å². The molecule has 6 rings (SSSR count). The lowest BCUT2D eigenvalue weighted by Crippen LogP contribution is -1.97. The highest BCUT2D eigenvalue weighted by molar-refractivity contribution is 6.14. The maximum Gasteiger partial charge on any atom is 0.132 e. The van der Waals surface area contributed by atoms with Crippen molar-refractivity contribution in [1.29, 1.82) is 0 Å². The molecule has 0 bridgehead atoms. The van der Waals surface area contributed by atoms with Gasteiger partial charge < -0.3 is 10.2 Å². The van der Waals surface area contributed by atoms with Gasteiger partial charge in [0.05, 0.1) is 11.4 Å². The van der Waals surface area contributed by atoms with Crippen molar-refractivity contribution in [3.63, 3.8) is 0 Å². The number of fused-ring (bicyclic) bond motifs is 2. The quantitative estimate of drug-likeness (QED) is 0.152. The van der Waals surface area contributed by atoms with Gasteiger partial charge in [-0.1, -0.05) is 140 Å². The van der Waals surface area contributed by atoms with Crippen LogP contribution >= 0.6 is 0 Å². The van der Waals surface area contributed by atoms with E-state index in [1.165, 1.54) is 22.3 Å². The molecule has 0 aromatic heterocycles. The molecule has 0 aliphatic rings. The third-order valence-electron chi connectivity index (χ3n) is 9.70. The SMILES string of the molecule is CC(C)c1cccc(C(C)C)c1N=Cc1cc2ccccc2c(-c2c(O)c(C=Nc3c(C(C)C)cccc3C(C)C)cc3ccccc23)c1O. The molecular formula is C46H48N2O2. The third-order valence-corrected chi connectivity index (χ3v) is 9.70. The minimum Gasteiger partial charge on any atom is -0.507 e. The summed E-state index contributed by atoms with van der Waals surface area (Å²) in [5, 5.41) is 28.0. The number of aliphatic imine (C=N–C) groups is 2. The molecule has 0 aliphatic heterocycles. The molecule has 6 aromatic rings. The topological polar surface area (TPSA) is 65.2 Å². The Morgan fingerprint density at radius 1 is 0.440 bits per heavy atom. The standard InChI is InChI=1S/C46H48N2O2/c1-27(2)35-19-13-20-36(28(3)4)43(35)47-25-33-23-31-15-9-11-17-39(31)41(45(33)49)42-40-18-12-10-16-32(40)24-34(46(42)50)26-48-44-37(29(5)6)21-14-22-38(44)30(7)8/h9-30,49-50H,1-8H3. The van der Waals surface area contributed by atoms with Crippen molar-refractivity contribution in [3.8, 4) is 22.6 Å². The molecule has 50 heavy (non-hydrogen) atoms. The van der Waals surface area contributed by atoms with E-state index in [0.717, 1.165) is 32.9 Å². The summed E-state index contributed by atoms with van der Waals surface area (Å²) in [4.78, 5) is 10.1. The van der Waals surface area contributed by atoms with Crippen molar-refractivity contribution in [1.82, 2.24) is 0 Å². The first kappa shape index (κ1) is 34.6. The molecule has 0 saturated heterocycles. The highest BCUT2D eigenvalue weighted by Crippen LogP contribution is 2.47. The molecule has 6 aromatic carbocycles. The molecule has 4 heteroatoms. The zero-order chi connectivity index (χ0) is 35.7. The summed E-state index contributed by atoms with van der Waals surface area (Å²) in [5.41, 5.74) is 8.88. The van der Waals surface area contributed by atoms with Gasteiger partial charge in [0.2, 0.25) is 0 Å². The van der Waals surface area contributed by atoms with E-state index in [-0.39, 0.29) is 11.5 Å². The van der Waals surface area contributed by atoms with Gasteiger partial charge in [0.25, 0.3) is 0 Å². The van der Waals surface area contributed by atoms with E-state index >= 15 is 0 Å². The van der Waals surface area contributed by atoms with Gasteiger partial charge in [-0.05, 0) is 79.6 Å². The second-order valence-corrected chi connectivity index (χ2v) is 14.5. The number of phenolic OH excluding ortho intramolecular Hbond substituents is 2. The smallest absolute Gasteiger partial charge is 0.132 e. The fourth-order valence-corrected chi connectivity index (χ4v) is 7.01. The zero-order valence-electron chi connectivity index (χ0n) is 30.5. The molecule has 0 atom stereocenters. The lowest BCUT2D eigenvalue weighted by Gasteiger charge is -2.18. The first-order valence-corrected chi connectivity index (χ1v) is 17.8. The minimum atomic E-state index is 0.0716. The molecule has 2 N–H and O–H groups in total. The second-order valence-electron chi connectivity index (χ2n) is 14.5. The van der Waals surface area contributed by atoms with Gasteiger partial charge in [-0.25, -0.2) is 0 Å². The van der Waals surface area contributed by atoms with E-state index in [9.17, 15) is 10.2 Å². The fraction of sp³-hybridized carbons (Fsp3) is 0.261. The zero-order valence-corrected chi connectivity index (χ0v) is 30.5. The normalized spacial score (nSPS) is 12.3. The number of rotatable bonds is 9. The lowest BCUT2D eigenvalue weighted by molar-refractivity contribution is 0.469. The van der Waals surface area contributed by atoms with Crippen molar-refractivity contribution in [2.45, 2.75) is 79.1 Å². The van der Waals surface area contributed by atoms with Crippen LogP contribution in [-0.2, 0) is 0 Å². The van der Waals surface area contributed by atoms with Gasteiger partial charge >= 0.3 is 0 Å². The van der Waals surface area contributed by atoms with E-state index in [1.807, 2.05) is 60.7 Å². The molecule has 0 aliphatic carbocycles. The number of phenols is 2. The Morgan fingerprint density at radius 2 is 0.760 bits per heavy atom. The van der Waals surface area contributed by atoms with Crippen molar-refractivity contribution in [2.75, 3.05) is 0 Å². The summed E-state index contributed by atoms with van der Waals surface area (Å²) < 4.78 is 0. The van der Waals surface area contributed by atoms with Crippen LogP contribution in [0.2, 0.25) is 0 Å². The molecule has 0 radical (unpaired) electrons. The van der Waals surface area contributed by atoms with Crippen LogP contribution in [0.25, 0.3) is 32.7 Å². The molecule has 254 valence electrons. The number of nitrogens with zero attached hydrogens (tertiary/aromatic N) is 2. The third kappa shape index (κ3) is 6.55. The number of hydrogen-bond donors (Lipinski definition) is 2. The Hall–Kier alpha value is -5.22. The van der Waals surface area contributed by atoms with E-state index in [4.69, 9.17) is 9.98 Å². The Balaban J connectivity index is 1.60. The molecule has 0 saturated carbocycles. The molecular weight excluding hydrogens is 613 g/mol. The number of hydrogen-bond acceptors (Lipinski definition) is 4. The summed E-state index contributed by atoms with van der Waals surface area (Å²) in [7, 11) is 0. The van der Waals surface area contributed by atoms with Crippen molar-refractivity contribution in [2.24, 2.45) is 9.98 Å². The molecule has 4 nitrogen and oxygen atoms in total. The van der Waals surface area contributed by atoms with Gasteiger partial charge in [0.15, 0.2) is 0 Å². The molecule has 0 fully saturated rings. The highest BCUT2D eigenvalue weighted by atomic mass is 16.3. The Morgan fingerprint density at radius 3 is 1.08 bits per heavy atom. The van der Waals surface area contributed by atoms with Crippen molar-refractivity contribution in [3.05, 3.63) is 130 Å². The van der Waals surface area contributed by atoms with Crippen LogP contribution in [0.1, 0.15) is 112 Å². The van der Waals surface area contributed by atoms with Crippen LogP contribution in [0.15, 0.2) is 107 Å². The number of benzene rings is 6. The van der Waals surface area contributed by atoms with Crippen LogP contribution in [-0.4, -0.2) is 22.6 Å². The molecule has 0 spiro atoms. The summed E-state index contributed by atoms with van der Waals surface area (Å²) in [6, 6.07) is 32.7. The Labute approximate surface area is 296 Å². The van der Waals surface area contributed by atoms with Gasteiger partial charge in [-0.3, -0.25) is 9.98 Å². The molecule has 0 amide bonds. The van der Waals surface area contributed by atoms with Gasteiger partial charge in [0, 0.05) is 34.7 Å². The van der Waals surface area contributed by atoms with Crippen LogP contribution < -0.4 is 0 Å². The minimum absolute atomic E-state index is 0.0716. The van der Waals surface area contributed by atoms with Crippen molar-refractivity contribution >= 4 is 45.3 Å². The summed E-state index contributed by atoms with van der Waals surface area (Å²) in [6.07, 6.45) is 3.55. The number of aromatic hydroxyl groups is 2. The van der Waals surface area contributed by atoms with E-state index in [0.29, 0.717) is 45.9 Å².